The maximum Gasteiger partial charge on any atom is 0.307 e. The highest BCUT2D eigenvalue weighted by Gasteiger charge is 2.02. The Labute approximate surface area is 99.8 Å². The number of benzene rings is 1. The molecule has 0 saturated heterocycles. The van der Waals surface area contributed by atoms with Crippen molar-refractivity contribution in [3.63, 3.8) is 0 Å². The lowest BCUT2D eigenvalue weighted by Gasteiger charge is -2.03. The SMILES string of the molecule is Cc1cccc(-c2ccc(CC(=O)O)cc2)n1. The molecule has 2 rings (SSSR count). The van der Waals surface area contributed by atoms with Gasteiger partial charge in [0.2, 0.25) is 0 Å². The van der Waals surface area contributed by atoms with Gasteiger partial charge in [0.1, 0.15) is 0 Å². The summed E-state index contributed by atoms with van der Waals surface area (Å²) in [6.07, 6.45) is 0.0571. The van der Waals surface area contributed by atoms with E-state index in [-0.39, 0.29) is 6.42 Å². The molecule has 0 aliphatic carbocycles. The average Bonchev–Trinajstić information content (AvgIpc) is 2.29. The molecular weight excluding hydrogens is 214 g/mol. The van der Waals surface area contributed by atoms with Crippen molar-refractivity contribution in [2.24, 2.45) is 0 Å². The first-order valence-corrected chi connectivity index (χ1v) is 5.40. The van der Waals surface area contributed by atoms with Crippen LogP contribution in [0.1, 0.15) is 11.3 Å². The molecule has 0 atom stereocenters. The van der Waals surface area contributed by atoms with Gasteiger partial charge in [-0.1, -0.05) is 30.3 Å². The molecule has 1 aromatic carbocycles. The Morgan fingerprint density at radius 1 is 1.18 bits per heavy atom. The van der Waals surface area contributed by atoms with Crippen LogP contribution in [0.2, 0.25) is 0 Å². The summed E-state index contributed by atoms with van der Waals surface area (Å²) in [6.45, 7) is 1.95. The van der Waals surface area contributed by atoms with Gasteiger partial charge >= 0.3 is 5.97 Å². The van der Waals surface area contributed by atoms with Crippen LogP contribution in [0, 0.1) is 6.92 Å². The number of carbonyl (C=O) groups is 1. The minimum absolute atomic E-state index is 0.0571. The molecule has 0 unspecified atom stereocenters. The van der Waals surface area contributed by atoms with Crippen LogP contribution in [0.15, 0.2) is 42.5 Å². The summed E-state index contributed by atoms with van der Waals surface area (Å²) in [7, 11) is 0. The summed E-state index contributed by atoms with van der Waals surface area (Å²) in [5.41, 5.74) is 3.68. The number of aromatic nitrogens is 1. The van der Waals surface area contributed by atoms with E-state index >= 15 is 0 Å². The van der Waals surface area contributed by atoms with Crippen molar-refractivity contribution in [2.75, 3.05) is 0 Å². The smallest absolute Gasteiger partial charge is 0.307 e. The van der Waals surface area contributed by atoms with Gasteiger partial charge < -0.3 is 5.11 Å². The van der Waals surface area contributed by atoms with E-state index in [0.717, 1.165) is 22.5 Å². The molecular formula is C14H13NO2. The van der Waals surface area contributed by atoms with Gasteiger partial charge in [0.05, 0.1) is 12.1 Å². The van der Waals surface area contributed by atoms with Crippen LogP contribution < -0.4 is 0 Å². The summed E-state index contributed by atoms with van der Waals surface area (Å²) in [5.74, 6) is -0.813. The molecule has 0 fully saturated rings. The number of hydrogen-bond acceptors (Lipinski definition) is 2. The second kappa shape index (κ2) is 4.78. The molecule has 0 amide bonds. The molecule has 0 spiro atoms. The van der Waals surface area contributed by atoms with Crippen molar-refractivity contribution in [2.45, 2.75) is 13.3 Å². The summed E-state index contributed by atoms with van der Waals surface area (Å²) < 4.78 is 0. The Bertz CT molecular complexity index is 532. The lowest BCUT2D eigenvalue weighted by molar-refractivity contribution is -0.136. The van der Waals surface area contributed by atoms with Gasteiger partial charge in [-0.25, -0.2) is 0 Å². The molecule has 2 aromatic rings. The first kappa shape index (κ1) is 11.3. The first-order chi connectivity index (χ1) is 8.15. The van der Waals surface area contributed by atoms with Gasteiger partial charge in [0.25, 0.3) is 0 Å². The van der Waals surface area contributed by atoms with E-state index in [2.05, 4.69) is 4.98 Å². The van der Waals surface area contributed by atoms with Gasteiger partial charge in [-0.05, 0) is 24.6 Å². The number of carboxylic acids is 1. The van der Waals surface area contributed by atoms with E-state index < -0.39 is 5.97 Å². The topological polar surface area (TPSA) is 50.2 Å². The first-order valence-electron chi connectivity index (χ1n) is 5.40. The van der Waals surface area contributed by atoms with Crippen molar-refractivity contribution in [3.05, 3.63) is 53.7 Å². The van der Waals surface area contributed by atoms with Crippen LogP contribution >= 0.6 is 0 Å². The normalized spacial score (nSPS) is 10.2. The predicted octanol–water partition coefficient (Wildman–Crippen LogP) is 2.68. The van der Waals surface area contributed by atoms with Crippen LogP contribution in [0.5, 0.6) is 0 Å². The fraction of sp³-hybridized carbons (Fsp3) is 0.143. The molecule has 3 heteroatoms. The highest BCUT2D eigenvalue weighted by atomic mass is 16.4. The summed E-state index contributed by atoms with van der Waals surface area (Å²) >= 11 is 0. The zero-order chi connectivity index (χ0) is 12.3. The molecule has 1 heterocycles. The Kier molecular flexibility index (Phi) is 3.19. The number of nitrogens with zero attached hydrogens (tertiary/aromatic N) is 1. The molecule has 1 aromatic heterocycles. The number of aliphatic carboxylic acids is 1. The molecule has 0 aliphatic rings. The number of aryl methyl sites for hydroxylation is 1. The molecule has 17 heavy (non-hydrogen) atoms. The summed E-state index contributed by atoms with van der Waals surface area (Å²) in [4.78, 5) is 15.0. The van der Waals surface area contributed by atoms with E-state index in [0.29, 0.717) is 0 Å². The van der Waals surface area contributed by atoms with Gasteiger partial charge in [-0.2, -0.15) is 0 Å². The fourth-order valence-electron chi connectivity index (χ4n) is 1.67. The van der Waals surface area contributed by atoms with E-state index in [9.17, 15) is 4.79 Å². The third kappa shape index (κ3) is 2.91. The van der Waals surface area contributed by atoms with Crippen molar-refractivity contribution in [1.82, 2.24) is 4.98 Å². The van der Waals surface area contributed by atoms with E-state index in [1.165, 1.54) is 0 Å². The lowest BCUT2D eigenvalue weighted by Crippen LogP contribution is -1.99. The number of pyridine rings is 1. The number of rotatable bonds is 3. The lowest BCUT2D eigenvalue weighted by atomic mass is 10.1. The van der Waals surface area contributed by atoms with Crippen LogP contribution in [0.4, 0.5) is 0 Å². The zero-order valence-electron chi connectivity index (χ0n) is 9.55. The van der Waals surface area contributed by atoms with Gasteiger partial charge in [-0.3, -0.25) is 9.78 Å². The van der Waals surface area contributed by atoms with Gasteiger partial charge in [-0.15, -0.1) is 0 Å². The average molecular weight is 227 g/mol. The maximum atomic E-state index is 10.6. The summed E-state index contributed by atoms with van der Waals surface area (Å²) in [5, 5.41) is 8.68. The maximum absolute atomic E-state index is 10.6. The number of carboxylic acid groups (broad SMARTS) is 1. The minimum atomic E-state index is -0.813. The van der Waals surface area contributed by atoms with E-state index in [1.54, 1.807) is 0 Å². The molecule has 0 bridgehead atoms. The Hall–Kier alpha value is -2.16. The monoisotopic (exact) mass is 227 g/mol. The van der Waals surface area contributed by atoms with Crippen LogP contribution in [-0.2, 0) is 11.2 Å². The molecule has 0 radical (unpaired) electrons. The largest absolute Gasteiger partial charge is 0.481 e. The van der Waals surface area contributed by atoms with Crippen LogP contribution in [-0.4, -0.2) is 16.1 Å². The Balaban J connectivity index is 2.26. The molecule has 3 nitrogen and oxygen atoms in total. The van der Waals surface area contributed by atoms with Crippen molar-refractivity contribution in [3.8, 4) is 11.3 Å². The van der Waals surface area contributed by atoms with Crippen LogP contribution in [0.3, 0.4) is 0 Å². The predicted molar refractivity (Wildman–Crippen MR) is 65.7 cm³/mol. The van der Waals surface area contributed by atoms with E-state index in [1.807, 2.05) is 49.4 Å². The molecule has 86 valence electrons. The fourth-order valence-corrected chi connectivity index (χ4v) is 1.67. The van der Waals surface area contributed by atoms with Gasteiger partial charge in [0.15, 0.2) is 0 Å². The Morgan fingerprint density at radius 2 is 1.88 bits per heavy atom. The molecule has 0 saturated carbocycles. The highest BCUT2D eigenvalue weighted by molar-refractivity contribution is 5.70. The minimum Gasteiger partial charge on any atom is -0.481 e. The zero-order valence-corrected chi connectivity index (χ0v) is 9.55. The van der Waals surface area contributed by atoms with Crippen molar-refractivity contribution >= 4 is 5.97 Å². The quantitative estimate of drug-likeness (QED) is 0.877. The van der Waals surface area contributed by atoms with E-state index in [4.69, 9.17) is 5.11 Å². The Morgan fingerprint density at radius 3 is 2.47 bits per heavy atom. The second-order valence-electron chi connectivity index (χ2n) is 3.93. The van der Waals surface area contributed by atoms with Gasteiger partial charge in [0, 0.05) is 11.3 Å². The van der Waals surface area contributed by atoms with Crippen molar-refractivity contribution < 1.29 is 9.90 Å². The third-order valence-corrected chi connectivity index (χ3v) is 2.49. The second-order valence-corrected chi connectivity index (χ2v) is 3.93. The highest BCUT2D eigenvalue weighted by Crippen LogP contribution is 2.17. The van der Waals surface area contributed by atoms with Crippen LogP contribution in [0.25, 0.3) is 11.3 Å². The third-order valence-electron chi connectivity index (χ3n) is 2.49. The standard InChI is InChI=1S/C14H13NO2/c1-10-3-2-4-13(15-10)12-7-5-11(6-8-12)9-14(16)17/h2-8H,9H2,1H3,(H,16,17). The van der Waals surface area contributed by atoms with Crippen molar-refractivity contribution in [1.29, 1.82) is 0 Å². The summed E-state index contributed by atoms with van der Waals surface area (Å²) in [6, 6.07) is 13.3. The number of hydrogen-bond donors (Lipinski definition) is 1. The molecule has 1 N–H and O–H groups in total. The molecule has 0 aliphatic heterocycles.